The summed E-state index contributed by atoms with van der Waals surface area (Å²) in [5, 5.41) is 11.4. The Kier molecular flexibility index (Phi) is 5.31. The first-order valence-electron chi connectivity index (χ1n) is 10.6. The highest BCUT2D eigenvalue weighted by molar-refractivity contribution is 5.76. The summed E-state index contributed by atoms with van der Waals surface area (Å²) in [7, 11) is 2.98. The number of carbonyl (C=O) groups excluding carboxylic acids is 1. The molecule has 31 heavy (non-hydrogen) atoms. The van der Waals surface area contributed by atoms with Crippen LogP contribution in [0.5, 0.6) is 0 Å². The molecule has 0 aliphatic carbocycles. The lowest BCUT2D eigenvalue weighted by Gasteiger charge is -2.51. The van der Waals surface area contributed by atoms with Gasteiger partial charge in [0.15, 0.2) is 11.2 Å². The van der Waals surface area contributed by atoms with Gasteiger partial charge >= 0.3 is 5.69 Å². The summed E-state index contributed by atoms with van der Waals surface area (Å²) in [6, 6.07) is -0.537. The smallest absolute Gasteiger partial charge is 0.332 e. The molecule has 3 N–H and O–H groups in total. The number of amides is 1. The highest BCUT2D eigenvalue weighted by Crippen LogP contribution is 2.44. The second kappa shape index (κ2) is 7.57. The fourth-order valence-corrected chi connectivity index (χ4v) is 5.00. The Morgan fingerprint density at radius 1 is 1.29 bits per heavy atom. The van der Waals surface area contributed by atoms with E-state index >= 15 is 0 Å². The van der Waals surface area contributed by atoms with Crippen molar-refractivity contribution in [3.63, 3.8) is 0 Å². The molecule has 1 amide bonds. The average molecular weight is 434 g/mol. The van der Waals surface area contributed by atoms with Gasteiger partial charge in [0, 0.05) is 46.6 Å². The zero-order chi connectivity index (χ0) is 22.6. The predicted molar refractivity (Wildman–Crippen MR) is 113 cm³/mol. The van der Waals surface area contributed by atoms with E-state index in [1.54, 1.807) is 23.4 Å². The van der Waals surface area contributed by atoms with Crippen molar-refractivity contribution >= 4 is 17.1 Å². The number of ether oxygens (including phenoxy) is 1. The molecule has 11 heteroatoms. The van der Waals surface area contributed by atoms with E-state index in [-0.39, 0.29) is 23.7 Å². The molecule has 2 aliphatic rings. The van der Waals surface area contributed by atoms with Crippen molar-refractivity contribution in [2.24, 2.45) is 19.8 Å². The van der Waals surface area contributed by atoms with Gasteiger partial charge in [-0.3, -0.25) is 18.7 Å². The molecule has 0 bridgehead atoms. The summed E-state index contributed by atoms with van der Waals surface area (Å²) in [6.07, 6.45) is 3.45. The van der Waals surface area contributed by atoms with Gasteiger partial charge in [0.2, 0.25) is 5.91 Å². The molecule has 0 radical (unpaired) electrons. The van der Waals surface area contributed by atoms with E-state index in [2.05, 4.69) is 4.98 Å². The first-order chi connectivity index (χ1) is 14.6. The zero-order valence-electron chi connectivity index (χ0n) is 18.2. The van der Waals surface area contributed by atoms with Crippen molar-refractivity contribution in [1.82, 2.24) is 23.6 Å². The largest absolute Gasteiger partial charge is 0.388 e. The van der Waals surface area contributed by atoms with Crippen molar-refractivity contribution in [2.75, 3.05) is 26.2 Å². The number of aromatic nitrogens is 4. The van der Waals surface area contributed by atoms with Crippen LogP contribution in [0, 0.1) is 0 Å². The maximum Gasteiger partial charge on any atom is 0.332 e. The third-order valence-electron chi connectivity index (χ3n) is 6.84. The van der Waals surface area contributed by atoms with E-state index in [9.17, 15) is 19.5 Å². The summed E-state index contributed by atoms with van der Waals surface area (Å²) in [4.78, 5) is 43.2. The molecular formula is C20H30N6O5. The van der Waals surface area contributed by atoms with Gasteiger partial charge in [-0.15, -0.1) is 0 Å². The Hall–Kier alpha value is -2.50. The minimum atomic E-state index is -1.17. The average Bonchev–Trinajstić information content (AvgIpc) is 3.15. The summed E-state index contributed by atoms with van der Waals surface area (Å²) < 4.78 is 10.3. The molecular weight excluding hydrogens is 404 g/mol. The molecule has 2 aliphatic heterocycles. The van der Waals surface area contributed by atoms with Gasteiger partial charge in [0.1, 0.15) is 0 Å². The molecule has 4 rings (SSSR count). The number of likely N-dealkylation sites (tertiary alicyclic amines) is 1. The van der Waals surface area contributed by atoms with Gasteiger partial charge in [-0.1, -0.05) is 0 Å². The van der Waals surface area contributed by atoms with Crippen molar-refractivity contribution < 1.29 is 14.6 Å². The zero-order valence-corrected chi connectivity index (χ0v) is 18.2. The van der Waals surface area contributed by atoms with Crippen LogP contribution in [0.15, 0.2) is 15.9 Å². The minimum Gasteiger partial charge on any atom is -0.388 e. The molecule has 0 saturated carbocycles. The summed E-state index contributed by atoms with van der Waals surface area (Å²) in [6.45, 7) is 3.40. The summed E-state index contributed by atoms with van der Waals surface area (Å²) in [5.74, 6) is 0.0455. The van der Waals surface area contributed by atoms with Gasteiger partial charge in [-0.2, -0.15) is 0 Å². The van der Waals surface area contributed by atoms with E-state index in [0.29, 0.717) is 45.3 Å². The van der Waals surface area contributed by atoms with Crippen LogP contribution in [0.1, 0.15) is 38.6 Å². The van der Waals surface area contributed by atoms with Crippen LogP contribution >= 0.6 is 0 Å². The molecule has 2 fully saturated rings. The molecule has 0 aromatic carbocycles. The highest BCUT2D eigenvalue weighted by atomic mass is 16.5. The fraction of sp³-hybridized carbons (Fsp3) is 0.700. The molecule has 1 spiro atoms. The van der Waals surface area contributed by atoms with Gasteiger partial charge < -0.3 is 25.0 Å². The Morgan fingerprint density at radius 2 is 1.97 bits per heavy atom. The molecule has 2 aromatic heterocycles. The lowest BCUT2D eigenvalue weighted by Crippen LogP contribution is -2.58. The number of fused-ring (bicyclic) bond motifs is 1. The second-order valence-corrected chi connectivity index (χ2v) is 8.99. The van der Waals surface area contributed by atoms with E-state index in [1.165, 1.54) is 17.9 Å². The van der Waals surface area contributed by atoms with Crippen molar-refractivity contribution in [2.45, 2.75) is 49.9 Å². The van der Waals surface area contributed by atoms with E-state index in [1.807, 2.05) is 0 Å². The number of hydrogen-bond acceptors (Lipinski definition) is 7. The normalized spacial score (nSPS) is 26.0. The summed E-state index contributed by atoms with van der Waals surface area (Å²) in [5.41, 5.74) is 3.42. The molecule has 2 atom stereocenters. The number of aliphatic hydroxyl groups is 1. The minimum absolute atomic E-state index is 0.0455. The third-order valence-corrected chi connectivity index (χ3v) is 6.84. The monoisotopic (exact) mass is 434 g/mol. The third kappa shape index (κ3) is 3.50. The Balaban J connectivity index is 1.60. The topological polar surface area (TPSA) is 138 Å². The van der Waals surface area contributed by atoms with Crippen LogP contribution in [0.3, 0.4) is 0 Å². The van der Waals surface area contributed by atoms with Crippen molar-refractivity contribution in [3.05, 3.63) is 27.2 Å². The number of nitrogens with two attached hydrogens (primary N) is 1. The van der Waals surface area contributed by atoms with Crippen LogP contribution in [-0.4, -0.2) is 72.0 Å². The van der Waals surface area contributed by atoms with Crippen LogP contribution in [-0.2, 0) is 23.6 Å². The quantitative estimate of drug-likeness (QED) is 0.623. The SMILES string of the molecule is Cn1c(=O)c2c(ncn2[C@@H]2COC3(CCN(C(=O)CCN)CC3)C[C@@]2(C)O)n(C)c1=O. The van der Waals surface area contributed by atoms with Crippen molar-refractivity contribution in [3.8, 4) is 0 Å². The fourth-order valence-electron chi connectivity index (χ4n) is 5.00. The predicted octanol–water partition coefficient (Wildman–Crippen LogP) is -1.14. The Bertz CT molecular complexity index is 1120. The maximum absolute atomic E-state index is 12.8. The number of imidazole rings is 1. The van der Waals surface area contributed by atoms with Gasteiger partial charge in [-0.05, 0) is 19.8 Å². The van der Waals surface area contributed by atoms with Gasteiger partial charge in [-0.25, -0.2) is 9.78 Å². The molecule has 170 valence electrons. The van der Waals surface area contributed by atoms with Crippen LogP contribution < -0.4 is 17.0 Å². The van der Waals surface area contributed by atoms with Crippen LogP contribution in [0.2, 0.25) is 0 Å². The van der Waals surface area contributed by atoms with Crippen molar-refractivity contribution in [1.29, 1.82) is 0 Å². The standard InChI is InChI=1S/C20H30N6O5/c1-19(30)11-20(5-8-25(9-6-20)14(27)4-7-21)31-10-13(19)26-12-22-16-15(26)17(28)24(3)18(29)23(16)2/h12-13,30H,4-11,21H2,1-3H3/t13-,19-/m1/s1. The molecule has 2 saturated heterocycles. The number of nitrogens with zero attached hydrogens (tertiary/aromatic N) is 5. The van der Waals surface area contributed by atoms with E-state index in [0.717, 1.165) is 4.57 Å². The van der Waals surface area contributed by atoms with E-state index < -0.39 is 28.5 Å². The first kappa shape index (κ1) is 21.7. The molecule has 0 unspecified atom stereocenters. The number of piperidine rings is 1. The van der Waals surface area contributed by atoms with E-state index in [4.69, 9.17) is 10.5 Å². The summed E-state index contributed by atoms with van der Waals surface area (Å²) >= 11 is 0. The first-order valence-corrected chi connectivity index (χ1v) is 10.6. The highest BCUT2D eigenvalue weighted by Gasteiger charge is 2.50. The van der Waals surface area contributed by atoms with Gasteiger partial charge in [0.05, 0.1) is 30.2 Å². The Labute approximate surface area is 179 Å². The Morgan fingerprint density at radius 3 is 2.58 bits per heavy atom. The number of rotatable bonds is 3. The number of carbonyl (C=O) groups is 1. The second-order valence-electron chi connectivity index (χ2n) is 8.99. The lowest BCUT2D eigenvalue weighted by molar-refractivity contribution is -0.196. The van der Waals surface area contributed by atoms with Gasteiger partial charge in [0.25, 0.3) is 5.56 Å². The number of hydrogen-bond donors (Lipinski definition) is 2. The molecule has 11 nitrogen and oxygen atoms in total. The molecule has 2 aromatic rings. The van der Waals surface area contributed by atoms with Crippen LogP contribution in [0.4, 0.5) is 0 Å². The number of aryl methyl sites for hydroxylation is 1. The molecule has 4 heterocycles. The lowest BCUT2D eigenvalue weighted by atomic mass is 9.75. The maximum atomic E-state index is 12.8. The van der Waals surface area contributed by atoms with Crippen LogP contribution in [0.25, 0.3) is 11.2 Å².